The molecule has 1 aliphatic heterocycles. The minimum Gasteiger partial charge on any atom is -0.371 e. The molecule has 0 aliphatic carbocycles. The van der Waals surface area contributed by atoms with E-state index in [2.05, 4.69) is 39.6 Å². The summed E-state index contributed by atoms with van der Waals surface area (Å²) >= 11 is 0. The fraction of sp³-hybridized carbons (Fsp3) is 0.450. The molecule has 3 N–H and O–H groups in total. The second-order valence-corrected chi connectivity index (χ2v) is 6.68. The molecule has 1 aromatic carbocycles. The fourth-order valence-electron chi connectivity index (χ4n) is 3.31. The second-order valence-electron chi connectivity index (χ2n) is 6.68. The quantitative estimate of drug-likeness (QED) is 0.689. The van der Waals surface area contributed by atoms with E-state index in [9.17, 15) is 4.79 Å². The lowest BCUT2D eigenvalue weighted by Gasteiger charge is -2.20. The number of anilines is 2. The summed E-state index contributed by atoms with van der Waals surface area (Å²) in [6, 6.07) is 10.0. The van der Waals surface area contributed by atoms with E-state index in [-0.39, 0.29) is 11.9 Å². The number of amides is 1. The van der Waals surface area contributed by atoms with E-state index in [0.717, 1.165) is 37.2 Å². The number of nitrogens with zero attached hydrogens (tertiary/aromatic N) is 1. The van der Waals surface area contributed by atoms with Crippen molar-refractivity contribution in [2.24, 2.45) is 0 Å². The van der Waals surface area contributed by atoms with Crippen LogP contribution in [-0.4, -0.2) is 30.0 Å². The van der Waals surface area contributed by atoms with Crippen molar-refractivity contribution in [1.29, 1.82) is 0 Å². The highest BCUT2D eigenvalue weighted by Gasteiger charge is 2.18. The summed E-state index contributed by atoms with van der Waals surface area (Å²) in [5.74, 6) is 0.0379. The Bertz CT molecular complexity index is 662. The average Bonchev–Trinajstić information content (AvgIpc) is 3.32. The molecule has 5 heteroatoms. The molecule has 1 aliphatic rings. The summed E-state index contributed by atoms with van der Waals surface area (Å²) < 4.78 is 0. The topological polar surface area (TPSA) is 60.2 Å². The molecule has 1 fully saturated rings. The second kappa shape index (κ2) is 8.72. The van der Waals surface area contributed by atoms with E-state index in [4.69, 9.17) is 0 Å². The zero-order chi connectivity index (χ0) is 17.5. The Labute approximate surface area is 149 Å². The molecule has 1 saturated heterocycles. The Morgan fingerprint density at radius 1 is 1.28 bits per heavy atom. The molecule has 5 nitrogen and oxygen atoms in total. The Hall–Kier alpha value is -2.27. The highest BCUT2D eigenvalue weighted by molar-refractivity contribution is 5.95. The monoisotopic (exact) mass is 340 g/mol. The highest BCUT2D eigenvalue weighted by Crippen LogP contribution is 2.23. The van der Waals surface area contributed by atoms with Gasteiger partial charge in [0.05, 0.1) is 6.04 Å². The number of aromatic amines is 1. The Morgan fingerprint density at radius 2 is 2.12 bits per heavy atom. The molecule has 1 amide bonds. The Morgan fingerprint density at radius 3 is 2.84 bits per heavy atom. The van der Waals surface area contributed by atoms with Crippen LogP contribution >= 0.6 is 0 Å². The zero-order valence-corrected chi connectivity index (χ0v) is 14.9. The number of carbonyl (C=O) groups excluding carboxylic acids is 1. The van der Waals surface area contributed by atoms with Crippen LogP contribution in [0.2, 0.25) is 0 Å². The minimum absolute atomic E-state index is 0.0379. The molecule has 2 heterocycles. The first-order chi connectivity index (χ1) is 12.3. The van der Waals surface area contributed by atoms with Gasteiger partial charge in [0.15, 0.2) is 0 Å². The van der Waals surface area contributed by atoms with Crippen molar-refractivity contribution >= 4 is 17.3 Å². The van der Waals surface area contributed by atoms with Gasteiger partial charge in [-0.25, -0.2) is 0 Å². The first-order valence-electron chi connectivity index (χ1n) is 9.27. The maximum Gasteiger partial charge on any atom is 0.241 e. The van der Waals surface area contributed by atoms with Crippen molar-refractivity contribution < 1.29 is 4.79 Å². The lowest BCUT2D eigenvalue weighted by Crippen LogP contribution is -2.40. The summed E-state index contributed by atoms with van der Waals surface area (Å²) in [6.45, 7) is 5.00. The number of rotatable bonds is 8. The zero-order valence-electron chi connectivity index (χ0n) is 14.9. The number of H-pyrrole nitrogens is 1. The summed E-state index contributed by atoms with van der Waals surface area (Å²) in [5.41, 5.74) is 3.23. The normalized spacial score (nSPS) is 15.3. The molecule has 0 bridgehead atoms. The van der Waals surface area contributed by atoms with Crippen LogP contribution in [0.1, 0.15) is 38.2 Å². The number of hydrogen-bond donors (Lipinski definition) is 3. The third kappa shape index (κ3) is 4.86. The van der Waals surface area contributed by atoms with Crippen LogP contribution in [0.25, 0.3) is 0 Å². The van der Waals surface area contributed by atoms with Crippen LogP contribution in [0.15, 0.2) is 42.7 Å². The van der Waals surface area contributed by atoms with Crippen LogP contribution in [0, 0.1) is 0 Å². The summed E-state index contributed by atoms with van der Waals surface area (Å²) in [7, 11) is 0. The number of benzene rings is 1. The molecule has 0 saturated carbocycles. The summed E-state index contributed by atoms with van der Waals surface area (Å²) in [4.78, 5) is 18.1. The molecule has 0 spiro atoms. The standard InChI is InChI=1S/C20H28N4O/c1-2-6-19(22-15-16-9-10-21-14-16)20(25)23-17-7-5-8-18(13-17)24-11-3-4-12-24/h5,7-10,13-14,19,21-22H,2-4,6,11-12,15H2,1H3,(H,23,25)/t19-/m0/s1. The van der Waals surface area contributed by atoms with Crippen LogP contribution in [0.5, 0.6) is 0 Å². The Balaban J connectivity index is 1.60. The van der Waals surface area contributed by atoms with Crippen molar-refractivity contribution in [3.63, 3.8) is 0 Å². The minimum atomic E-state index is -0.185. The fourth-order valence-corrected chi connectivity index (χ4v) is 3.31. The first-order valence-corrected chi connectivity index (χ1v) is 9.27. The molecule has 3 rings (SSSR count). The first kappa shape index (κ1) is 17.5. The van der Waals surface area contributed by atoms with E-state index >= 15 is 0 Å². The third-order valence-electron chi connectivity index (χ3n) is 4.69. The SMILES string of the molecule is CCC[C@H](NCc1cc[nH]c1)C(=O)Nc1cccc(N2CCCC2)c1. The molecule has 1 aromatic heterocycles. The van der Waals surface area contributed by atoms with Crippen molar-refractivity contribution in [2.45, 2.75) is 45.2 Å². The lowest BCUT2D eigenvalue weighted by atomic mass is 10.1. The van der Waals surface area contributed by atoms with Crippen LogP contribution in [0.4, 0.5) is 11.4 Å². The van der Waals surface area contributed by atoms with Crippen molar-refractivity contribution in [3.8, 4) is 0 Å². The van der Waals surface area contributed by atoms with Gasteiger partial charge in [0.2, 0.25) is 5.91 Å². The molecule has 0 radical (unpaired) electrons. The van der Waals surface area contributed by atoms with Gasteiger partial charge in [-0.15, -0.1) is 0 Å². The molecule has 2 aromatic rings. The predicted molar refractivity (Wildman–Crippen MR) is 103 cm³/mol. The van der Waals surface area contributed by atoms with E-state index < -0.39 is 0 Å². The van der Waals surface area contributed by atoms with Gasteiger partial charge >= 0.3 is 0 Å². The molecule has 1 atom stereocenters. The number of aromatic nitrogens is 1. The average molecular weight is 340 g/mol. The highest BCUT2D eigenvalue weighted by atomic mass is 16.2. The van der Waals surface area contributed by atoms with Gasteiger partial charge in [-0.3, -0.25) is 4.79 Å². The smallest absolute Gasteiger partial charge is 0.241 e. The molecule has 134 valence electrons. The van der Waals surface area contributed by atoms with Gasteiger partial charge in [0.1, 0.15) is 0 Å². The summed E-state index contributed by atoms with van der Waals surface area (Å²) in [6.07, 6.45) is 8.13. The maximum absolute atomic E-state index is 12.7. The van der Waals surface area contributed by atoms with Crippen molar-refractivity contribution in [3.05, 3.63) is 48.3 Å². The third-order valence-corrected chi connectivity index (χ3v) is 4.69. The number of hydrogen-bond acceptors (Lipinski definition) is 3. The van der Waals surface area contributed by atoms with Gasteiger partial charge in [-0.05, 0) is 49.1 Å². The van der Waals surface area contributed by atoms with Crippen molar-refractivity contribution in [2.75, 3.05) is 23.3 Å². The van der Waals surface area contributed by atoms with Crippen LogP contribution in [0.3, 0.4) is 0 Å². The molecule has 25 heavy (non-hydrogen) atoms. The molecular formula is C20H28N4O. The van der Waals surface area contributed by atoms with E-state index in [1.165, 1.54) is 18.5 Å². The van der Waals surface area contributed by atoms with E-state index in [1.807, 2.05) is 30.6 Å². The Kier molecular flexibility index (Phi) is 6.12. The molecular weight excluding hydrogens is 312 g/mol. The van der Waals surface area contributed by atoms with E-state index in [1.54, 1.807) is 0 Å². The van der Waals surface area contributed by atoms with Crippen LogP contribution < -0.4 is 15.5 Å². The lowest BCUT2D eigenvalue weighted by molar-refractivity contribution is -0.118. The van der Waals surface area contributed by atoms with Crippen LogP contribution in [-0.2, 0) is 11.3 Å². The van der Waals surface area contributed by atoms with Crippen molar-refractivity contribution in [1.82, 2.24) is 10.3 Å². The van der Waals surface area contributed by atoms with E-state index in [0.29, 0.717) is 6.54 Å². The van der Waals surface area contributed by atoms with Gasteiger partial charge in [-0.2, -0.15) is 0 Å². The predicted octanol–water partition coefficient (Wildman–Crippen LogP) is 3.51. The van der Waals surface area contributed by atoms with Gasteiger partial charge in [0.25, 0.3) is 0 Å². The largest absolute Gasteiger partial charge is 0.371 e. The van der Waals surface area contributed by atoms with Gasteiger partial charge in [-0.1, -0.05) is 19.4 Å². The number of nitrogens with one attached hydrogen (secondary N) is 3. The van der Waals surface area contributed by atoms with Gasteiger partial charge in [0, 0.05) is 43.4 Å². The maximum atomic E-state index is 12.7. The number of carbonyl (C=O) groups is 1. The van der Waals surface area contributed by atoms with Gasteiger partial charge < -0.3 is 20.5 Å². The molecule has 0 unspecified atom stereocenters. The summed E-state index contributed by atoms with van der Waals surface area (Å²) in [5, 5.41) is 6.46.